The van der Waals surface area contributed by atoms with Gasteiger partial charge in [0.1, 0.15) is 5.37 Å². The van der Waals surface area contributed by atoms with Crippen molar-refractivity contribution >= 4 is 16.8 Å². The van der Waals surface area contributed by atoms with Crippen molar-refractivity contribution in [2.75, 3.05) is 0 Å². The number of rotatable bonds is 6. The lowest BCUT2D eigenvalue weighted by Crippen LogP contribution is -2.33. The molecule has 2 unspecified atom stereocenters. The van der Waals surface area contributed by atoms with Crippen molar-refractivity contribution in [3.05, 3.63) is 48.7 Å². The van der Waals surface area contributed by atoms with Gasteiger partial charge < -0.3 is 10.3 Å². The van der Waals surface area contributed by atoms with Gasteiger partial charge in [0.15, 0.2) is 11.1 Å². The Balaban J connectivity index is 5.34. The van der Waals surface area contributed by atoms with Gasteiger partial charge >= 0.3 is 0 Å². The summed E-state index contributed by atoms with van der Waals surface area (Å²) in [5.41, 5.74) is 7.11. The van der Waals surface area contributed by atoms with Crippen molar-refractivity contribution in [1.29, 1.82) is 0 Å². The third-order valence-corrected chi connectivity index (χ3v) is 2.53. The molecule has 0 aromatic rings. The van der Waals surface area contributed by atoms with Crippen molar-refractivity contribution in [2.45, 2.75) is 19.2 Å². The molecule has 0 saturated heterocycles. The SMILES string of the molecule is C=C\C(=N/C(=C/C=C\C)C(=C)C)C(N)S(=O)O. The number of nitrogens with two attached hydrogens (primary N) is 1. The van der Waals surface area contributed by atoms with Crippen LogP contribution in [0.2, 0.25) is 0 Å². The van der Waals surface area contributed by atoms with E-state index < -0.39 is 16.5 Å². The van der Waals surface area contributed by atoms with E-state index >= 15 is 0 Å². The van der Waals surface area contributed by atoms with E-state index in [4.69, 9.17) is 10.3 Å². The quantitative estimate of drug-likeness (QED) is 0.433. The van der Waals surface area contributed by atoms with Crippen molar-refractivity contribution in [1.82, 2.24) is 0 Å². The minimum atomic E-state index is -2.17. The summed E-state index contributed by atoms with van der Waals surface area (Å²) >= 11 is -2.17. The first-order chi connectivity index (χ1) is 7.93. The van der Waals surface area contributed by atoms with E-state index in [0.29, 0.717) is 5.70 Å². The summed E-state index contributed by atoms with van der Waals surface area (Å²) in [5, 5.41) is -1.07. The average Bonchev–Trinajstić information content (AvgIpc) is 2.28. The van der Waals surface area contributed by atoms with Crippen molar-refractivity contribution < 1.29 is 8.76 Å². The highest BCUT2D eigenvalue weighted by atomic mass is 32.2. The number of hydrogen-bond acceptors (Lipinski definition) is 3. The first kappa shape index (κ1) is 15.7. The van der Waals surface area contributed by atoms with Gasteiger partial charge in [0.25, 0.3) is 0 Å². The van der Waals surface area contributed by atoms with Gasteiger partial charge in [-0.05, 0) is 31.6 Å². The van der Waals surface area contributed by atoms with E-state index in [9.17, 15) is 4.21 Å². The molecule has 0 bridgehead atoms. The zero-order valence-electron chi connectivity index (χ0n) is 10.1. The number of allylic oxidation sites excluding steroid dienone is 4. The molecule has 0 rings (SSSR count). The van der Waals surface area contributed by atoms with Crippen LogP contribution in [-0.2, 0) is 11.1 Å². The van der Waals surface area contributed by atoms with Crippen LogP contribution in [0, 0.1) is 0 Å². The van der Waals surface area contributed by atoms with E-state index in [1.165, 1.54) is 6.08 Å². The lowest BCUT2D eigenvalue weighted by atomic mass is 10.2. The molecule has 17 heavy (non-hydrogen) atoms. The second kappa shape index (κ2) is 7.89. The van der Waals surface area contributed by atoms with Gasteiger partial charge in [0.05, 0.1) is 11.4 Å². The standard InChI is InChI=1S/C12H18N2O2S/c1-5-7-8-11(9(3)4)14-10(6-2)12(13)17(15)16/h5-8,12H,2-3,13H2,1,4H3,(H,15,16)/b7-5-,11-8+,14-10+. The highest BCUT2D eigenvalue weighted by molar-refractivity contribution is 7.80. The Bertz CT molecular complexity index is 409. The van der Waals surface area contributed by atoms with Gasteiger partial charge in [-0.1, -0.05) is 25.3 Å². The molecule has 4 nitrogen and oxygen atoms in total. The molecule has 0 aromatic heterocycles. The largest absolute Gasteiger partial charge is 0.310 e. The lowest BCUT2D eigenvalue weighted by molar-refractivity contribution is 0.559. The summed E-state index contributed by atoms with van der Waals surface area (Å²) in [6, 6.07) is 0. The highest BCUT2D eigenvalue weighted by Crippen LogP contribution is 2.10. The minimum Gasteiger partial charge on any atom is -0.310 e. The first-order valence-corrected chi connectivity index (χ1v) is 6.16. The predicted octanol–water partition coefficient (Wildman–Crippen LogP) is 2.16. The van der Waals surface area contributed by atoms with Crippen LogP contribution in [0.3, 0.4) is 0 Å². The van der Waals surface area contributed by atoms with E-state index in [1.54, 1.807) is 19.1 Å². The summed E-state index contributed by atoms with van der Waals surface area (Å²) in [4.78, 5) is 4.18. The van der Waals surface area contributed by atoms with Crippen LogP contribution in [0.5, 0.6) is 0 Å². The zero-order valence-corrected chi connectivity index (χ0v) is 10.9. The molecule has 0 radical (unpaired) electrons. The number of aliphatic imine (C=N–C) groups is 1. The fourth-order valence-corrected chi connectivity index (χ4v) is 1.29. The van der Waals surface area contributed by atoms with Gasteiger partial charge in [-0.15, -0.1) is 0 Å². The molecule has 0 saturated carbocycles. The molecule has 5 heteroatoms. The van der Waals surface area contributed by atoms with Gasteiger partial charge in [0, 0.05) is 0 Å². The maximum atomic E-state index is 10.9. The second-order valence-corrected chi connectivity index (χ2v) is 4.36. The number of nitrogens with zero attached hydrogens (tertiary/aromatic N) is 1. The highest BCUT2D eigenvalue weighted by Gasteiger charge is 2.14. The average molecular weight is 254 g/mol. The van der Waals surface area contributed by atoms with Crippen molar-refractivity contribution in [3.63, 3.8) is 0 Å². The van der Waals surface area contributed by atoms with Crippen LogP contribution in [0.1, 0.15) is 13.8 Å². The molecular formula is C12H18N2O2S. The summed E-state index contributed by atoms with van der Waals surface area (Å²) in [6.07, 6.45) is 6.76. The fraction of sp³-hybridized carbons (Fsp3) is 0.250. The Morgan fingerprint density at radius 2 is 2.18 bits per heavy atom. The van der Waals surface area contributed by atoms with E-state index in [0.717, 1.165) is 5.57 Å². The Labute approximate surface area is 105 Å². The Morgan fingerprint density at radius 3 is 2.53 bits per heavy atom. The predicted molar refractivity (Wildman–Crippen MR) is 74.1 cm³/mol. The van der Waals surface area contributed by atoms with Crippen LogP contribution in [0.15, 0.2) is 53.7 Å². The van der Waals surface area contributed by atoms with E-state index in [-0.39, 0.29) is 5.71 Å². The van der Waals surface area contributed by atoms with Crippen LogP contribution in [0.4, 0.5) is 0 Å². The van der Waals surface area contributed by atoms with Crippen LogP contribution < -0.4 is 5.73 Å². The third-order valence-electron chi connectivity index (χ3n) is 1.85. The summed E-state index contributed by atoms with van der Waals surface area (Å²) in [7, 11) is 0. The van der Waals surface area contributed by atoms with E-state index in [2.05, 4.69) is 18.2 Å². The van der Waals surface area contributed by atoms with Crippen LogP contribution >= 0.6 is 0 Å². The second-order valence-electron chi connectivity index (χ2n) is 3.30. The molecule has 0 aromatic carbocycles. The van der Waals surface area contributed by atoms with Gasteiger partial charge in [0.2, 0.25) is 0 Å². The molecule has 0 heterocycles. The smallest absolute Gasteiger partial charge is 0.176 e. The van der Waals surface area contributed by atoms with Crippen LogP contribution in [0.25, 0.3) is 0 Å². The maximum Gasteiger partial charge on any atom is 0.176 e. The summed E-state index contributed by atoms with van der Waals surface area (Å²) in [6.45, 7) is 11.0. The monoisotopic (exact) mass is 254 g/mol. The maximum absolute atomic E-state index is 10.9. The molecule has 0 aliphatic heterocycles. The molecule has 0 spiro atoms. The van der Waals surface area contributed by atoms with E-state index in [1.807, 2.05) is 13.0 Å². The Hall–Kier alpha value is -1.30. The molecule has 0 aliphatic rings. The summed E-state index contributed by atoms with van der Waals surface area (Å²) in [5.74, 6) is 0. The summed E-state index contributed by atoms with van der Waals surface area (Å²) < 4.78 is 19.8. The first-order valence-electron chi connectivity index (χ1n) is 4.99. The lowest BCUT2D eigenvalue weighted by Gasteiger charge is -2.08. The van der Waals surface area contributed by atoms with Gasteiger partial charge in [-0.25, -0.2) is 4.21 Å². The molecule has 0 fully saturated rings. The molecule has 0 aliphatic carbocycles. The topological polar surface area (TPSA) is 75.7 Å². The minimum absolute atomic E-state index is 0.254. The molecule has 2 atom stereocenters. The Kier molecular flexibility index (Phi) is 7.29. The van der Waals surface area contributed by atoms with Gasteiger partial charge in [-0.2, -0.15) is 0 Å². The van der Waals surface area contributed by atoms with Crippen molar-refractivity contribution in [3.8, 4) is 0 Å². The van der Waals surface area contributed by atoms with Crippen LogP contribution in [-0.4, -0.2) is 19.8 Å². The zero-order chi connectivity index (χ0) is 13.4. The molecule has 3 N–H and O–H groups in total. The molecule has 94 valence electrons. The number of hydrogen-bond donors (Lipinski definition) is 2. The molecule has 0 amide bonds. The van der Waals surface area contributed by atoms with Gasteiger partial charge in [-0.3, -0.25) is 4.99 Å². The fourth-order valence-electron chi connectivity index (χ4n) is 0.930. The molecular weight excluding hydrogens is 236 g/mol. The Morgan fingerprint density at radius 1 is 1.59 bits per heavy atom. The van der Waals surface area contributed by atoms with Crippen molar-refractivity contribution in [2.24, 2.45) is 10.7 Å². The normalized spacial score (nSPS) is 16.9. The third kappa shape index (κ3) is 5.53.